The SMILES string of the molecule is CO[C@H]1O[C@H](CO)[C@@H](O)[C@H](O)C1C=NNC(C)Cc1ccccc1. The van der Waals surface area contributed by atoms with Gasteiger partial charge in [-0.15, -0.1) is 0 Å². The van der Waals surface area contributed by atoms with Crippen molar-refractivity contribution in [1.82, 2.24) is 5.43 Å². The van der Waals surface area contributed by atoms with Crippen LogP contribution in [0.1, 0.15) is 12.5 Å². The van der Waals surface area contributed by atoms with Crippen LogP contribution in [-0.2, 0) is 15.9 Å². The number of hydrogen-bond donors (Lipinski definition) is 4. The molecule has 134 valence electrons. The Balaban J connectivity index is 1.91. The van der Waals surface area contributed by atoms with Crippen molar-refractivity contribution in [3.8, 4) is 0 Å². The number of nitrogens with zero attached hydrogens (tertiary/aromatic N) is 1. The topological polar surface area (TPSA) is 104 Å². The van der Waals surface area contributed by atoms with E-state index in [1.165, 1.54) is 18.9 Å². The molecule has 0 amide bonds. The van der Waals surface area contributed by atoms with E-state index in [2.05, 4.69) is 10.5 Å². The van der Waals surface area contributed by atoms with Crippen LogP contribution in [0.15, 0.2) is 35.4 Å². The maximum absolute atomic E-state index is 10.2. The molecule has 0 aliphatic carbocycles. The van der Waals surface area contributed by atoms with Crippen LogP contribution in [0.5, 0.6) is 0 Å². The maximum atomic E-state index is 10.2. The molecule has 0 bridgehead atoms. The quantitative estimate of drug-likeness (QED) is 0.409. The molecule has 7 nitrogen and oxygen atoms in total. The van der Waals surface area contributed by atoms with Crippen molar-refractivity contribution in [3.63, 3.8) is 0 Å². The van der Waals surface area contributed by atoms with Gasteiger partial charge in [-0.25, -0.2) is 0 Å². The van der Waals surface area contributed by atoms with Crippen molar-refractivity contribution in [2.45, 2.75) is 44.0 Å². The van der Waals surface area contributed by atoms with Crippen molar-refractivity contribution in [2.24, 2.45) is 11.0 Å². The van der Waals surface area contributed by atoms with Crippen LogP contribution in [0, 0.1) is 5.92 Å². The molecule has 6 atom stereocenters. The third-order valence-electron chi connectivity index (χ3n) is 4.09. The number of nitrogens with one attached hydrogen (secondary N) is 1. The lowest BCUT2D eigenvalue weighted by Crippen LogP contribution is -2.56. The van der Waals surface area contributed by atoms with E-state index in [0.29, 0.717) is 0 Å². The molecule has 0 saturated carbocycles. The Bertz CT molecular complexity index is 511. The second-order valence-corrected chi connectivity index (χ2v) is 6.02. The summed E-state index contributed by atoms with van der Waals surface area (Å²) in [5.41, 5.74) is 4.20. The lowest BCUT2D eigenvalue weighted by atomic mass is 9.92. The molecular weight excluding hydrogens is 312 g/mol. The first kappa shape index (κ1) is 18.8. The van der Waals surface area contributed by atoms with Gasteiger partial charge in [0.25, 0.3) is 0 Å². The van der Waals surface area contributed by atoms with E-state index in [9.17, 15) is 15.3 Å². The Hall–Kier alpha value is -1.51. The fraction of sp³-hybridized carbons (Fsp3) is 0.588. The minimum Gasteiger partial charge on any atom is -0.394 e. The molecule has 1 aliphatic rings. The first-order valence-electron chi connectivity index (χ1n) is 8.04. The summed E-state index contributed by atoms with van der Waals surface area (Å²) in [5.74, 6) is -0.635. The number of benzene rings is 1. The predicted molar refractivity (Wildman–Crippen MR) is 89.5 cm³/mol. The van der Waals surface area contributed by atoms with Gasteiger partial charge in [-0.2, -0.15) is 5.10 Å². The molecule has 0 aromatic heterocycles. The minimum atomic E-state index is -1.19. The molecule has 4 N–H and O–H groups in total. The number of rotatable bonds is 7. The molecule has 7 heteroatoms. The van der Waals surface area contributed by atoms with Crippen LogP contribution in [0.2, 0.25) is 0 Å². The van der Waals surface area contributed by atoms with Crippen molar-refractivity contribution in [3.05, 3.63) is 35.9 Å². The van der Waals surface area contributed by atoms with E-state index in [1.54, 1.807) is 0 Å². The Morgan fingerprint density at radius 1 is 1.29 bits per heavy atom. The Kier molecular flexibility index (Phi) is 7.14. The lowest BCUT2D eigenvalue weighted by molar-refractivity contribution is -0.263. The third kappa shape index (κ3) is 4.75. The zero-order chi connectivity index (χ0) is 17.5. The third-order valence-corrected chi connectivity index (χ3v) is 4.09. The molecular formula is C17H26N2O5. The van der Waals surface area contributed by atoms with Gasteiger partial charge in [-0.1, -0.05) is 30.3 Å². The molecule has 1 fully saturated rings. The van der Waals surface area contributed by atoms with Crippen LogP contribution in [0.3, 0.4) is 0 Å². The summed E-state index contributed by atoms with van der Waals surface area (Å²) in [5, 5.41) is 33.5. The minimum absolute atomic E-state index is 0.0985. The van der Waals surface area contributed by atoms with Crippen molar-refractivity contribution >= 4 is 6.21 Å². The molecule has 0 radical (unpaired) electrons. The second-order valence-electron chi connectivity index (χ2n) is 6.02. The maximum Gasteiger partial charge on any atom is 0.168 e. The summed E-state index contributed by atoms with van der Waals surface area (Å²) in [4.78, 5) is 0. The summed E-state index contributed by atoms with van der Waals surface area (Å²) in [6, 6.07) is 10.1. The number of ether oxygens (including phenoxy) is 2. The van der Waals surface area contributed by atoms with Crippen LogP contribution in [-0.4, -0.2) is 65.9 Å². The van der Waals surface area contributed by atoms with E-state index in [-0.39, 0.29) is 6.04 Å². The molecule has 1 saturated heterocycles. The second kappa shape index (κ2) is 9.10. The molecule has 1 aromatic rings. The van der Waals surface area contributed by atoms with Crippen LogP contribution in [0.4, 0.5) is 0 Å². The monoisotopic (exact) mass is 338 g/mol. The molecule has 1 heterocycles. The molecule has 24 heavy (non-hydrogen) atoms. The van der Waals surface area contributed by atoms with Gasteiger partial charge in [-0.05, 0) is 18.9 Å². The van der Waals surface area contributed by atoms with Gasteiger partial charge in [-0.3, -0.25) is 0 Å². The van der Waals surface area contributed by atoms with E-state index >= 15 is 0 Å². The standard InChI is InChI=1S/C17H26N2O5/c1-11(8-12-6-4-3-5-7-12)19-18-9-13-15(21)16(22)14(10-20)24-17(13)23-2/h3-7,9,11,13-17,19-22H,8,10H2,1-2H3/t11?,13?,14-,15-,16-,17+/m1/s1. The van der Waals surface area contributed by atoms with Crippen LogP contribution >= 0.6 is 0 Å². The smallest absolute Gasteiger partial charge is 0.168 e. The summed E-state index contributed by atoms with van der Waals surface area (Å²) in [6.07, 6.45) is -1.69. The van der Waals surface area contributed by atoms with Gasteiger partial charge >= 0.3 is 0 Å². The van der Waals surface area contributed by atoms with Crippen LogP contribution < -0.4 is 5.43 Å². The number of hydrogen-bond acceptors (Lipinski definition) is 7. The Morgan fingerprint density at radius 3 is 2.62 bits per heavy atom. The number of methoxy groups -OCH3 is 1. The number of aliphatic hydroxyl groups excluding tert-OH is 3. The van der Waals surface area contributed by atoms with Gasteiger partial charge in [0.05, 0.1) is 18.6 Å². The highest BCUT2D eigenvalue weighted by Gasteiger charge is 2.43. The van der Waals surface area contributed by atoms with Gasteiger partial charge in [0.15, 0.2) is 6.29 Å². The molecule has 2 unspecified atom stereocenters. The summed E-state index contributed by atoms with van der Waals surface area (Å²) >= 11 is 0. The van der Waals surface area contributed by atoms with E-state index in [1.807, 2.05) is 37.3 Å². The summed E-state index contributed by atoms with van der Waals surface area (Å²) < 4.78 is 10.6. The summed E-state index contributed by atoms with van der Waals surface area (Å²) in [6.45, 7) is 1.61. The average Bonchev–Trinajstić information content (AvgIpc) is 2.59. The average molecular weight is 338 g/mol. The van der Waals surface area contributed by atoms with Crippen molar-refractivity contribution in [2.75, 3.05) is 13.7 Å². The largest absolute Gasteiger partial charge is 0.394 e. The molecule has 1 aromatic carbocycles. The highest BCUT2D eigenvalue weighted by Crippen LogP contribution is 2.25. The number of aliphatic hydroxyl groups is 3. The van der Waals surface area contributed by atoms with E-state index in [0.717, 1.165) is 6.42 Å². The van der Waals surface area contributed by atoms with Gasteiger partial charge < -0.3 is 30.2 Å². The highest BCUT2D eigenvalue weighted by atomic mass is 16.7. The number of hydrazone groups is 1. The van der Waals surface area contributed by atoms with Gasteiger partial charge in [0, 0.05) is 19.4 Å². The van der Waals surface area contributed by atoms with E-state index in [4.69, 9.17) is 9.47 Å². The van der Waals surface area contributed by atoms with Crippen molar-refractivity contribution < 1.29 is 24.8 Å². The van der Waals surface area contributed by atoms with Gasteiger partial charge in [0.1, 0.15) is 12.2 Å². The highest BCUT2D eigenvalue weighted by molar-refractivity contribution is 5.62. The Morgan fingerprint density at radius 2 is 2.00 bits per heavy atom. The molecule has 2 rings (SSSR count). The fourth-order valence-electron chi connectivity index (χ4n) is 2.74. The van der Waals surface area contributed by atoms with E-state index < -0.39 is 37.1 Å². The normalized spacial score (nSPS) is 32.0. The fourth-order valence-corrected chi connectivity index (χ4v) is 2.74. The van der Waals surface area contributed by atoms with Crippen LogP contribution in [0.25, 0.3) is 0 Å². The van der Waals surface area contributed by atoms with Crippen molar-refractivity contribution in [1.29, 1.82) is 0 Å². The first-order valence-corrected chi connectivity index (χ1v) is 8.04. The zero-order valence-electron chi connectivity index (χ0n) is 13.9. The Labute approximate surface area is 141 Å². The molecule has 0 spiro atoms. The predicted octanol–water partition coefficient (Wildman–Crippen LogP) is -0.105. The zero-order valence-corrected chi connectivity index (χ0v) is 13.9. The first-order chi connectivity index (χ1) is 11.6. The summed E-state index contributed by atoms with van der Waals surface area (Å²) in [7, 11) is 1.44. The lowest BCUT2D eigenvalue weighted by Gasteiger charge is -2.40. The molecule has 1 aliphatic heterocycles. The van der Waals surface area contributed by atoms with Gasteiger partial charge in [0.2, 0.25) is 0 Å².